The van der Waals surface area contributed by atoms with Crippen LogP contribution in [0.5, 0.6) is 28.7 Å². The third-order valence-electron chi connectivity index (χ3n) is 19.8. The van der Waals surface area contributed by atoms with Crippen LogP contribution in [0.25, 0.3) is 53.9 Å². The molecule has 10 aromatic carbocycles. The Hall–Kier alpha value is -7.40. The Morgan fingerprint density at radius 2 is 0.477 bits per heavy atom. The number of carbonyl (C=O) groups is 5. The van der Waals surface area contributed by atoms with E-state index in [0.29, 0.717) is 96.1 Å². The first-order valence-corrected chi connectivity index (χ1v) is 46.5. The van der Waals surface area contributed by atoms with E-state index in [1.54, 1.807) is 0 Å². The predicted octanol–water partition coefficient (Wildman–Crippen LogP) is 21.9. The summed E-state index contributed by atoms with van der Waals surface area (Å²) in [5.41, 5.74) is -0.988. The van der Waals surface area contributed by atoms with Crippen molar-refractivity contribution in [1.29, 1.82) is 0 Å². The highest BCUT2D eigenvalue weighted by Gasteiger charge is 2.35. The summed E-state index contributed by atoms with van der Waals surface area (Å²) in [6, 6.07) is 62.3. The molecule has 5 aliphatic heterocycles. The molecule has 0 bridgehead atoms. The minimum Gasteiger partial charge on any atom is -0.426 e. The van der Waals surface area contributed by atoms with Crippen LogP contribution < -0.4 is 23.7 Å². The first kappa shape index (κ1) is 80.6. The molecule has 562 valence electrons. The second-order valence-electron chi connectivity index (χ2n) is 30.3. The van der Waals surface area contributed by atoms with E-state index < -0.39 is 10.8 Å². The molecule has 5 saturated heterocycles. The summed E-state index contributed by atoms with van der Waals surface area (Å²) in [4.78, 5) is 66.7. The highest BCUT2D eigenvalue weighted by molar-refractivity contribution is 7.98. The van der Waals surface area contributed by atoms with Crippen molar-refractivity contribution in [2.75, 3.05) is 57.5 Å². The van der Waals surface area contributed by atoms with Crippen molar-refractivity contribution in [3.05, 3.63) is 182 Å². The van der Waals surface area contributed by atoms with Gasteiger partial charge in [0.1, 0.15) is 86.3 Å². The summed E-state index contributed by atoms with van der Waals surface area (Å²) in [5, 5.41) is 11.5. The molecule has 0 N–H and O–H groups in total. The van der Waals surface area contributed by atoms with Gasteiger partial charge in [0.15, 0.2) is 24.5 Å². The van der Waals surface area contributed by atoms with E-state index in [1.165, 1.54) is 186 Å². The van der Waals surface area contributed by atoms with Gasteiger partial charge in [-0.25, -0.2) is 0 Å². The van der Waals surface area contributed by atoms with Crippen molar-refractivity contribution in [3.63, 3.8) is 0 Å². The van der Waals surface area contributed by atoms with Gasteiger partial charge in [-0.15, -0.1) is 0 Å². The normalized spacial score (nSPS) is 16.0. The lowest BCUT2D eigenvalue weighted by atomic mass is 9.97. The molecular weight excluding hydrogens is 1430 g/mol. The van der Waals surface area contributed by atoms with E-state index in [2.05, 4.69) is 121 Å². The lowest BCUT2D eigenvalue weighted by molar-refractivity contribution is -0.143. The van der Waals surface area contributed by atoms with Crippen molar-refractivity contribution in [2.24, 2.45) is 16.7 Å². The van der Waals surface area contributed by atoms with Crippen LogP contribution in [0.1, 0.15) is 159 Å². The Morgan fingerprint density at radius 3 is 0.682 bits per heavy atom. The van der Waals surface area contributed by atoms with E-state index in [4.69, 9.17) is 23.7 Å². The van der Waals surface area contributed by atoms with Gasteiger partial charge in [0.25, 0.3) is 0 Å². The van der Waals surface area contributed by atoms with Crippen LogP contribution in [0.15, 0.2) is 206 Å². The fourth-order valence-electron chi connectivity index (χ4n) is 13.8. The van der Waals surface area contributed by atoms with Crippen molar-refractivity contribution >= 4 is 138 Å². The first-order chi connectivity index (χ1) is 51.7. The van der Waals surface area contributed by atoms with E-state index in [1.807, 2.05) is 130 Å². The van der Waals surface area contributed by atoms with Gasteiger partial charge in [-0.05, 0) is 210 Å². The lowest BCUT2D eigenvalue weighted by Crippen LogP contribution is -2.25. The SMILES string of the molecule is CC(C)(C)C(=O)Oc1ccc([S+]2CCCC2)c2ccccc12.CC(C)(C)C(=O)Oc1ccc([S+]2CCCCC2)c2ccccc12.CC(C)C(=O)Oc1ccc([S+]2CCCC2)c2ccccc12.CCC(=O)Oc1ccc([S+]2CCCC2)c2ccccc12.CCC(=O)Oc1ccc([S+]2CCCCC2)c2ccccc12. The fourth-order valence-corrected chi connectivity index (χ4v) is 26.3. The summed E-state index contributed by atoms with van der Waals surface area (Å²) >= 11 is 0. The number of benzene rings is 10. The fraction of sp³-hybridized carbons (Fsp3) is 0.402. The van der Waals surface area contributed by atoms with Crippen molar-refractivity contribution < 1.29 is 47.7 Å². The molecule has 0 atom stereocenters. The molecule has 0 unspecified atom stereocenters. The molecule has 10 nitrogen and oxygen atoms in total. The summed E-state index contributed by atoms with van der Waals surface area (Å²) in [7, 11) is 1.79. The molecule has 0 radical (unpaired) electrons. The molecule has 0 aromatic heterocycles. The average Bonchev–Trinajstić information content (AvgIpc) is 1.80. The average molecular weight is 1540 g/mol. The Labute approximate surface area is 649 Å². The van der Waals surface area contributed by atoms with Crippen LogP contribution >= 0.6 is 0 Å². The van der Waals surface area contributed by atoms with Crippen molar-refractivity contribution in [2.45, 2.75) is 184 Å². The van der Waals surface area contributed by atoms with Gasteiger partial charge in [0, 0.05) is 121 Å². The molecule has 0 saturated carbocycles. The molecule has 0 amide bonds. The molecule has 15 heteroatoms. The Morgan fingerprint density at radius 1 is 0.280 bits per heavy atom. The molecule has 5 heterocycles. The van der Waals surface area contributed by atoms with Crippen LogP contribution in [0, 0.1) is 16.7 Å². The zero-order valence-corrected chi connectivity index (χ0v) is 68.6. The lowest BCUT2D eigenvalue weighted by Gasteiger charge is -2.19. The molecule has 10 aromatic rings. The predicted molar refractivity (Wildman–Crippen MR) is 454 cm³/mol. The number of esters is 5. The maximum atomic E-state index is 12.2. The van der Waals surface area contributed by atoms with Crippen LogP contribution in [0.2, 0.25) is 0 Å². The van der Waals surface area contributed by atoms with E-state index >= 15 is 0 Å². The molecule has 107 heavy (non-hydrogen) atoms. The first-order valence-electron chi connectivity index (χ1n) is 38.7. The number of ether oxygens (including phenoxy) is 5. The minimum absolute atomic E-state index is 0.111. The number of hydrogen-bond donors (Lipinski definition) is 0. The van der Waals surface area contributed by atoms with Gasteiger partial charge in [-0.3, -0.25) is 24.0 Å². The van der Waals surface area contributed by atoms with E-state index in [-0.39, 0.29) is 35.8 Å². The van der Waals surface area contributed by atoms with Gasteiger partial charge in [-0.1, -0.05) is 119 Å². The summed E-state index contributed by atoms with van der Waals surface area (Å²) in [6.07, 6.45) is 16.9. The molecule has 5 aliphatic rings. The maximum absolute atomic E-state index is 12.2. The quantitative estimate of drug-likeness (QED) is 0.0624. The van der Waals surface area contributed by atoms with E-state index in [9.17, 15) is 24.0 Å². The second kappa shape index (κ2) is 38.3. The zero-order valence-electron chi connectivity index (χ0n) is 64.5. The Balaban J connectivity index is 0.000000133. The highest BCUT2D eigenvalue weighted by atomic mass is 32.2. The van der Waals surface area contributed by atoms with Crippen molar-refractivity contribution in [3.8, 4) is 28.7 Å². The number of rotatable bonds is 13. The zero-order chi connectivity index (χ0) is 75.6. The van der Waals surface area contributed by atoms with E-state index in [0.717, 1.165) is 26.9 Å². The number of hydrogen-bond acceptors (Lipinski definition) is 10. The Bertz CT molecular complexity index is 4710. The standard InChI is InChI=1S/C20H25O2S.C19H23O2S.2C18H21O2S.C17H19O2S/c1-20(2,3)19(21)22-17-11-12-18(23-13-7-4-8-14-23)16-10-6-5-9-15(16)17;1-19(2,3)18(20)21-16-10-11-17(22-12-6-7-13-22)15-9-5-4-8-14(15)16;1-13(2)18(19)20-16-9-10-17(21-11-5-6-12-21)15-8-4-3-7-14(15)16;1-2-18(19)20-16-10-11-17(21-12-6-3-7-13-21)15-9-5-4-8-14(15)16;1-2-17(18)19-15-9-10-16(20-11-5-6-12-20)14-8-4-3-7-13(14)15/h5-6,9-12H,4,7-8,13-14H2,1-3H3;4-5,8-11H,6-7,12-13H2,1-3H3;3-4,7-10,13H,5-6,11-12H2,1-2H3;4-5,8-11H,2-3,6-7,12-13H2,1H3;3-4,7-10H,2,5-6,11-12H2,1H3/q5*+1. The van der Waals surface area contributed by atoms with Crippen LogP contribution in [-0.2, 0) is 78.4 Å². The smallest absolute Gasteiger partial charge is 0.316 e. The van der Waals surface area contributed by atoms with Gasteiger partial charge in [-0.2, -0.15) is 0 Å². The molecule has 15 rings (SSSR count). The second-order valence-corrected chi connectivity index (χ2v) is 41.5. The van der Waals surface area contributed by atoms with Crippen LogP contribution in [0.3, 0.4) is 0 Å². The minimum atomic E-state index is -0.495. The van der Waals surface area contributed by atoms with Gasteiger partial charge in [0.05, 0.1) is 16.7 Å². The molecule has 0 aliphatic carbocycles. The van der Waals surface area contributed by atoms with Crippen molar-refractivity contribution in [1.82, 2.24) is 0 Å². The van der Waals surface area contributed by atoms with Crippen LogP contribution in [0.4, 0.5) is 0 Å². The number of carbonyl (C=O) groups excluding carboxylic acids is 5. The molecule has 0 spiro atoms. The maximum Gasteiger partial charge on any atom is 0.316 e. The van der Waals surface area contributed by atoms with Gasteiger partial charge >= 0.3 is 29.8 Å². The molecule has 5 fully saturated rings. The summed E-state index contributed by atoms with van der Waals surface area (Å²) < 4.78 is 27.9. The van der Waals surface area contributed by atoms with Crippen LogP contribution in [-0.4, -0.2) is 87.4 Å². The Kier molecular flexibility index (Phi) is 28.9. The number of fused-ring (bicyclic) bond motifs is 5. The van der Waals surface area contributed by atoms with Gasteiger partial charge in [0.2, 0.25) is 0 Å². The topological polar surface area (TPSA) is 132 Å². The largest absolute Gasteiger partial charge is 0.426 e. The highest BCUT2D eigenvalue weighted by Crippen LogP contribution is 2.41. The van der Waals surface area contributed by atoms with Gasteiger partial charge < -0.3 is 23.7 Å². The third kappa shape index (κ3) is 20.9. The third-order valence-corrected chi connectivity index (χ3v) is 32.5. The summed E-state index contributed by atoms with van der Waals surface area (Å²) in [6.45, 7) is 18.7. The molecular formula is C92H109O10S5+5. The monoisotopic (exact) mass is 1530 g/mol. The summed E-state index contributed by atoms with van der Waals surface area (Å²) in [5.74, 6) is 15.5.